The molecule has 1 aliphatic rings. The molecule has 0 saturated heterocycles. The van der Waals surface area contributed by atoms with Crippen molar-refractivity contribution in [2.24, 2.45) is 0 Å². The molecule has 132 valence electrons. The van der Waals surface area contributed by atoms with Crippen molar-refractivity contribution in [2.45, 2.75) is 17.4 Å². The maximum absolute atomic E-state index is 10.7. The molecule has 2 N–H and O–H groups in total. The Hall–Kier alpha value is -2.18. The normalized spacial score (nSPS) is 14.7. The van der Waals surface area contributed by atoms with E-state index in [-0.39, 0.29) is 6.42 Å². The second-order valence-electron chi connectivity index (χ2n) is 5.85. The van der Waals surface area contributed by atoms with Gasteiger partial charge in [0.15, 0.2) is 6.10 Å². The number of aliphatic carboxylic acids is 1. The lowest BCUT2D eigenvalue weighted by atomic mass is 10.1. The molecule has 0 radical (unpaired) electrons. The molecule has 5 nitrogen and oxygen atoms in total. The van der Waals surface area contributed by atoms with Gasteiger partial charge in [-0.2, -0.15) is 0 Å². The highest BCUT2D eigenvalue weighted by molar-refractivity contribution is 7.99. The Morgan fingerprint density at radius 2 is 1.96 bits per heavy atom. The minimum Gasteiger partial charge on any atom is -0.492 e. The maximum atomic E-state index is 10.7. The lowest BCUT2D eigenvalue weighted by Crippen LogP contribution is -2.33. The van der Waals surface area contributed by atoms with Gasteiger partial charge in [0.05, 0.1) is 12.2 Å². The van der Waals surface area contributed by atoms with Crippen LogP contribution in [0, 0.1) is 0 Å². The number of carboxylic acid groups (broad SMARTS) is 1. The van der Waals surface area contributed by atoms with Gasteiger partial charge in [-0.15, -0.1) is 11.8 Å². The van der Waals surface area contributed by atoms with Crippen LogP contribution in [-0.2, 0) is 11.2 Å². The van der Waals surface area contributed by atoms with Gasteiger partial charge in [-0.1, -0.05) is 24.3 Å². The first-order chi connectivity index (χ1) is 12.1. The van der Waals surface area contributed by atoms with Gasteiger partial charge in [-0.3, -0.25) is 0 Å². The monoisotopic (exact) mass is 359 g/mol. The van der Waals surface area contributed by atoms with E-state index in [9.17, 15) is 9.90 Å². The van der Waals surface area contributed by atoms with E-state index in [1.165, 1.54) is 10.6 Å². The van der Waals surface area contributed by atoms with Crippen LogP contribution in [0.25, 0.3) is 0 Å². The van der Waals surface area contributed by atoms with Crippen LogP contribution in [0.5, 0.6) is 5.75 Å². The fraction of sp³-hybridized carbons (Fsp3) is 0.316. The molecule has 0 saturated carbocycles. The van der Waals surface area contributed by atoms with Crippen molar-refractivity contribution in [3.63, 3.8) is 0 Å². The number of para-hydroxylation sites is 1. The number of carbonyl (C=O) groups is 1. The van der Waals surface area contributed by atoms with Crippen molar-refractivity contribution < 1.29 is 19.7 Å². The number of ether oxygens (including phenoxy) is 1. The van der Waals surface area contributed by atoms with Gasteiger partial charge in [0, 0.05) is 23.6 Å². The Morgan fingerprint density at radius 3 is 2.72 bits per heavy atom. The molecule has 1 unspecified atom stereocenters. The number of rotatable bonds is 7. The number of aliphatic hydroxyl groups excluding tert-OH is 1. The van der Waals surface area contributed by atoms with Crippen LogP contribution < -0.4 is 9.64 Å². The summed E-state index contributed by atoms with van der Waals surface area (Å²) in [6.45, 7) is 2.41. The summed E-state index contributed by atoms with van der Waals surface area (Å²) in [5.74, 6) is 0.617. The SMILES string of the molecule is O=C(O)C(O)Cc1ccc(OCCN2CCSc3ccccc32)cc1. The Labute approximate surface area is 151 Å². The van der Waals surface area contributed by atoms with Crippen LogP contribution in [0.3, 0.4) is 0 Å². The number of carboxylic acids is 1. The van der Waals surface area contributed by atoms with E-state index in [2.05, 4.69) is 29.2 Å². The third kappa shape index (κ3) is 4.67. The highest BCUT2D eigenvalue weighted by Gasteiger charge is 2.16. The molecule has 0 bridgehead atoms. The third-order valence-corrected chi connectivity index (χ3v) is 5.14. The van der Waals surface area contributed by atoms with Crippen molar-refractivity contribution in [2.75, 3.05) is 30.3 Å². The molecule has 25 heavy (non-hydrogen) atoms. The molecule has 6 heteroatoms. The number of nitrogens with zero attached hydrogens (tertiary/aromatic N) is 1. The summed E-state index contributed by atoms with van der Waals surface area (Å²) in [6, 6.07) is 15.6. The van der Waals surface area contributed by atoms with Gasteiger partial charge < -0.3 is 19.8 Å². The topological polar surface area (TPSA) is 70.0 Å². The number of aliphatic hydroxyl groups is 1. The van der Waals surface area contributed by atoms with Gasteiger partial charge in [0.1, 0.15) is 12.4 Å². The zero-order valence-electron chi connectivity index (χ0n) is 13.8. The first-order valence-corrected chi connectivity index (χ1v) is 9.21. The molecular formula is C19H21NO4S. The number of benzene rings is 2. The van der Waals surface area contributed by atoms with Gasteiger partial charge in [0.2, 0.25) is 0 Å². The Bertz CT molecular complexity index is 720. The second-order valence-corrected chi connectivity index (χ2v) is 6.99. The second kappa shape index (κ2) is 8.27. The summed E-state index contributed by atoms with van der Waals surface area (Å²) < 4.78 is 5.80. The number of hydrogen-bond acceptors (Lipinski definition) is 5. The van der Waals surface area contributed by atoms with Gasteiger partial charge in [-0.25, -0.2) is 4.79 Å². The summed E-state index contributed by atoms with van der Waals surface area (Å²) >= 11 is 1.89. The molecule has 2 aromatic carbocycles. The van der Waals surface area contributed by atoms with Gasteiger partial charge in [-0.05, 0) is 29.8 Å². The van der Waals surface area contributed by atoms with E-state index in [1.54, 1.807) is 12.1 Å². The molecule has 1 aliphatic heterocycles. The predicted octanol–water partition coefficient (Wildman–Crippen LogP) is 2.67. The van der Waals surface area contributed by atoms with E-state index < -0.39 is 12.1 Å². The third-order valence-electron chi connectivity index (χ3n) is 4.09. The minimum absolute atomic E-state index is 0.0951. The zero-order chi connectivity index (χ0) is 17.6. The fourth-order valence-electron chi connectivity index (χ4n) is 2.76. The first kappa shape index (κ1) is 17.6. The summed E-state index contributed by atoms with van der Waals surface area (Å²) in [5.41, 5.74) is 2.03. The summed E-state index contributed by atoms with van der Waals surface area (Å²) in [5, 5.41) is 18.1. The van der Waals surface area contributed by atoms with E-state index in [0.717, 1.165) is 30.2 Å². The van der Waals surface area contributed by atoms with E-state index in [0.29, 0.717) is 6.61 Å². The predicted molar refractivity (Wildman–Crippen MR) is 98.7 cm³/mol. The molecule has 0 spiro atoms. The van der Waals surface area contributed by atoms with Crippen LogP contribution in [0.15, 0.2) is 53.4 Å². The Kier molecular flexibility index (Phi) is 5.83. The Balaban J connectivity index is 1.50. The molecule has 1 heterocycles. The molecule has 0 amide bonds. The highest BCUT2D eigenvalue weighted by Crippen LogP contribution is 2.33. The minimum atomic E-state index is -1.37. The lowest BCUT2D eigenvalue weighted by Gasteiger charge is -2.30. The van der Waals surface area contributed by atoms with Crippen LogP contribution in [0.2, 0.25) is 0 Å². The van der Waals surface area contributed by atoms with Crippen molar-refractivity contribution in [1.29, 1.82) is 0 Å². The largest absolute Gasteiger partial charge is 0.492 e. The molecule has 0 aliphatic carbocycles. The average Bonchev–Trinajstić information content (AvgIpc) is 2.63. The summed E-state index contributed by atoms with van der Waals surface area (Å²) in [6.07, 6.45) is -1.28. The molecule has 1 atom stereocenters. The fourth-order valence-corrected chi connectivity index (χ4v) is 3.82. The number of thioether (sulfide) groups is 1. The van der Waals surface area contributed by atoms with Crippen LogP contribution >= 0.6 is 11.8 Å². The molecule has 0 fully saturated rings. The van der Waals surface area contributed by atoms with Crippen LogP contribution in [-0.4, -0.2) is 47.7 Å². The quantitative estimate of drug-likeness (QED) is 0.792. The molecule has 3 rings (SSSR count). The van der Waals surface area contributed by atoms with E-state index in [1.807, 2.05) is 23.9 Å². The van der Waals surface area contributed by atoms with Crippen molar-refractivity contribution in [1.82, 2.24) is 0 Å². The number of fused-ring (bicyclic) bond motifs is 1. The smallest absolute Gasteiger partial charge is 0.332 e. The van der Waals surface area contributed by atoms with Crippen molar-refractivity contribution >= 4 is 23.4 Å². The highest BCUT2D eigenvalue weighted by atomic mass is 32.2. The van der Waals surface area contributed by atoms with Crippen LogP contribution in [0.1, 0.15) is 5.56 Å². The van der Waals surface area contributed by atoms with Crippen molar-refractivity contribution in [3.05, 3.63) is 54.1 Å². The summed E-state index contributed by atoms with van der Waals surface area (Å²) in [4.78, 5) is 14.3. The number of anilines is 1. The number of hydrogen-bond donors (Lipinski definition) is 2. The van der Waals surface area contributed by atoms with Gasteiger partial charge >= 0.3 is 5.97 Å². The van der Waals surface area contributed by atoms with Gasteiger partial charge in [0.25, 0.3) is 0 Å². The molecular weight excluding hydrogens is 338 g/mol. The molecule has 2 aromatic rings. The van der Waals surface area contributed by atoms with Crippen molar-refractivity contribution in [3.8, 4) is 5.75 Å². The van der Waals surface area contributed by atoms with Crippen LogP contribution in [0.4, 0.5) is 5.69 Å². The zero-order valence-corrected chi connectivity index (χ0v) is 14.6. The lowest BCUT2D eigenvalue weighted by molar-refractivity contribution is -0.146. The average molecular weight is 359 g/mol. The van der Waals surface area contributed by atoms with E-state index in [4.69, 9.17) is 9.84 Å². The van der Waals surface area contributed by atoms with E-state index >= 15 is 0 Å². The maximum Gasteiger partial charge on any atom is 0.332 e. The molecule has 0 aromatic heterocycles. The summed E-state index contributed by atoms with van der Waals surface area (Å²) in [7, 11) is 0. The first-order valence-electron chi connectivity index (χ1n) is 8.23. The standard InChI is InChI=1S/C19H21NO4S/c21-17(19(22)23)13-14-5-7-15(8-6-14)24-11-9-20-10-12-25-18-4-2-1-3-16(18)20/h1-8,17,21H,9-13H2,(H,22,23). The Morgan fingerprint density at radius 1 is 1.20 bits per heavy atom.